The van der Waals surface area contributed by atoms with Crippen LogP contribution in [-0.2, 0) is 12.8 Å². The third-order valence-corrected chi connectivity index (χ3v) is 2.30. The molecule has 2 N–H and O–H groups in total. The minimum absolute atomic E-state index is 0.158. The second-order valence-corrected chi connectivity index (χ2v) is 3.10. The Bertz CT molecular complexity index is 265. The molecule has 2 heteroatoms. The van der Waals surface area contributed by atoms with Gasteiger partial charge in [0.2, 0.25) is 0 Å². The van der Waals surface area contributed by atoms with Gasteiger partial charge in [-0.15, -0.1) is 0 Å². The molecule has 2 nitrogen and oxygen atoms in total. The Labute approximate surface area is 66.4 Å². The molecule has 0 amide bonds. The van der Waals surface area contributed by atoms with Crippen molar-refractivity contribution in [1.29, 1.82) is 0 Å². The SMILES string of the molecule is CCc1cc2c(o1)C(N)CC2. The van der Waals surface area contributed by atoms with Crippen LogP contribution < -0.4 is 5.73 Å². The molecule has 0 saturated heterocycles. The summed E-state index contributed by atoms with van der Waals surface area (Å²) in [6.45, 7) is 2.10. The number of aryl methyl sites for hydroxylation is 2. The van der Waals surface area contributed by atoms with Gasteiger partial charge in [-0.2, -0.15) is 0 Å². The maximum atomic E-state index is 5.82. The average molecular weight is 151 g/mol. The van der Waals surface area contributed by atoms with Gasteiger partial charge in [0.05, 0.1) is 6.04 Å². The van der Waals surface area contributed by atoms with E-state index in [1.165, 1.54) is 5.56 Å². The molecule has 1 atom stereocenters. The molecule has 0 aliphatic heterocycles. The van der Waals surface area contributed by atoms with E-state index in [0.29, 0.717) is 0 Å². The van der Waals surface area contributed by atoms with Crippen LogP contribution in [0, 0.1) is 0 Å². The van der Waals surface area contributed by atoms with Crippen molar-refractivity contribution in [2.24, 2.45) is 5.73 Å². The Morgan fingerprint density at radius 3 is 3.18 bits per heavy atom. The van der Waals surface area contributed by atoms with E-state index in [1.807, 2.05) is 0 Å². The van der Waals surface area contributed by atoms with E-state index in [2.05, 4.69) is 13.0 Å². The summed E-state index contributed by atoms with van der Waals surface area (Å²) in [4.78, 5) is 0. The molecule has 1 aromatic rings. The van der Waals surface area contributed by atoms with Gasteiger partial charge in [-0.3, -0.25) is 0 Å². The van der Waals surface area contributed by atoms with Crippen molar-refractivity contribution in [3.05, 3.63) is 23.2 Å². The molecule has 1 unspecified atom stereocenters. The van der Waals surface area contributed by atoms with Gasteiger partial charge in [0.25, 0.3) is 0 Å². The highest BCUT2D eigenvalue weighted by Crippen LogP contribution is 2.31. The number of nitrogens with two attached hydrogens (primary N) is 1. The van der Waals surface area contributed by atoms with Crippen molar-refractivity contribution in [1.82, 2.24) is 0 Å². The Morgan fingerprint density at radius 1 is 1.73 bits per heavy atom. The lowest BCUT2D eigenvalue weighted by atomic mass is 10.2. The van der Waals surface area contributed by atoms with Gasteiger partial charge in [0, 0.05) is 6.42 Å². The van der Waals surface area contributed by atoms with Gasteiger partial charge in [0.15, 0.2) is 0 Å². The van der Waals surface area contributed by atoms with Gasteiger partial charge in [-0.25, -0.2) is 0 Å². The zero-order valence-corrected chi connectivity index (χ0v) is 6.76. The molecule has 0 radical (unpaired) electrons. The van der Waals surface area contributed by atoms with Gasteiger partial charge < -0.3 is 10.2 Å². The van der Waals surface area contributed by atoms with Crippen LogP contribution in [0.2, 0.25) is 0 Å². The second-order valence-electron chi connectivity index (χ2n) is 3.10. The summed E-state index contributed by atoms with van der Waals surface area (Å²) >= 11 is 0. The van der Waals surface area contributed by atoms with Crippen molar-refractivity contribution < 1.29 is 4.42 Å². The van der Waals surface area contributed by atoms with Crippen LogP contribution in [0.25, 0.3) is 0 Å². The Kier molecular flexibility index (Phi) is 1.50. The Balaban J connectivity index is 2.38. The van der Waals surface area contributed by atoms with Gasteiger partial charge in [0.1, 0.15) is 11.5 Å². The normalized spacial score (nSPS) is 22.2. The highest BCUT2D eigenvalue weighted by atomic mass is 16.3. The molecule has 2 rings (SSSR count). The first-order valence-corrected chi connectivity index (χ1v) is 4.18. The lowest BCUT2D eigenvalue weighted by molar-refractivity contribution is 0.441. The van der Waals surface area contributed by atoms with Crippen molar-refractivity contribution in [3.8, 4) is 0 Å². The third kappa shape index (κ3) is 0.979. The smallest absolute Gasteiger partial charge is 0.124 e. The minimum Gasteiger partial charge on any atom is -0.464 e. The third-order valence-electron chi connectivity index (χ3n) is 2.30. The van der Waals surface area contributed by atoms with Crippen molar-refractivity contribution in [2.75, 3.05) is 0 Å². The minimum atomic E-state index is 0.158. The van der Waals surface area contributed by atoms with Crippen LogP contribution in [0.5, 0.6) is 0 Å². The maximum Gasteiger partial charge on any atom is 0.124 e. The monoisotopic (exact) mass is 151 g/mol. The van der Waals surface area contributed by atoms with E-state index in [1.54, 1.807) is 0 Å². The predicted molar refractivity (Wildman–Crippen MR) is 43.3 cm³/mol. The molecule has 0 spiro atoms. The standard InChI is InChI=1S/C9H13NO/c1-2-7-5-6-3-4-8(10)9(6)11-7/h5,8H,2-4,10H2,1H3. The quantitative estimate of drug-likeness (QED) is 0.664. The number of fused-ring (bicyclic) bond motifs is 1. The largest absolute Gasteiger partial charge is 0.464 e. The number of hydrogen-bond acceptors (Lipinski definition) is 2. The first-order chi connectivity index (χ1) is 5.31. The molecular weight excluding hydrogens is 138 g/mol. The summed E-state index contributed by atoms with van der Waals surface area (Å²) in [5, 5.41) is 0. The molecule has 1 aliphatic rings. The van der Waals surface area contributed by atoms with E-state index >= 15 is 0 Å². The molecular formula is C9H13NO. The topological polar surface area (TPSA) is 39.2 Å². The summed E-state index contributed by atoms with van der Waals surface area (Å²) in [6, 6.07) is 2.30. The van der Waals surface area contributed by atoms with Crippen LogP contribution >= 0.6 is 0 Å². The van der Waals surface area contributed by atoms with E-state index in [-0.39, 0.29) is 6.04 Å². The highest BCUT2D eigenvalue weighted by molar-refractivity contribution is 5.28. The molecule has 11 heavy (non-hydrogen) atoms. The Hall–Kier alpha value is -0.760. The fraction of sp³-hybridized carbons (Fsp3) is 0.556. The maximum absolute atomic E-state index is 5.82. The first-order valence-electron chi connectivity index (χ1n) is 4.18. The van der Waals surface area contributed by atoms with Crippen molar-refractivity contribution in [2.45, 2.75) is 32.2 Å². The van der Waals surface area contributed by atoms with E-state index in [9.17, 15) is 0 Å². The van der Waals surface area contributed by atoms with E-state index in [4.69, 9.17) is 10.2 Å². The summed E-state index contributed by atoms with van der Waals surface area (Å²) in [5.74, 6) is 2.10. The van der Waals surface area contributed by atoms with Gasteiger partial charge >= 0.3 is 0 Å². The molecule has 0 saturated carbocycles. The van der Waals surface area contributed by atoms with E-state index in [0.717, 1.165) is 30.8 Å². The molecule has 0 aromatic carbocycles. The van der Waals surface area contributed by atoms with Crippen LogP contribution in [0.15, 0.2) is 10.5 Å². The second kappa shape index (κ2) is 2.38. The van der Waals surface area contributed by atoms with Crippen LogP contribution in [0.4, 0.5) is 0 Å². The van der Waals surface area contributed by atoms with Gasteiger partial charge in [-0.1, -0.05) is 6.92 Å². The summed E-state index contributed by atoms with van der Waals surface area (Å²) < 4.78 is 5.56. The van der Waals surface area contributed by atoms with Crippen molar-refractivity contribution >= 4 is 0 Å². The van der Waals surface area contributed by atoms with Gasteiger partial charge in [-0.05, 0) is 24.5 Å². The molecule has 1 aliphatic carbocycles. The molecule has 0 fully saturated rings. The Morgan fingerprint density at radius 2 is 2.55 bits per heavy atom. The zero-order chi connectivity index (χ0) is 7.84. The van der Waals surface area contributed by atoms with Crippen LogP contribution in [0.3, 0.4) is 0 Å². The number of furan rings is 1. The highest BCUT2D eigenvalue weighted by Gasteiger charge is 2.23. The lowest BCUT2D eigenvalue weighted by Gasteiger charge is -1.98. The molecule has 1 aromatic heterocycles. The summed E-state index contributed by atoms with van der Waals surface area (Å²) in [6.07, 6.45) is 3.12. The lowest BCUT2D eigenvalue weighted by Crippen LogP contribution is -2.04. The number of rotatable bonds is 1. The van der Waals surface area contributed by atoms with Crippen molar-refractivity contribution in [3.63, 3.8) is 0 Å². The predicted octanol–water partition coefficient (Wildman–Crippen LogP) is 1.79. The van der Waals surface area contributed by atoms with Crippen LogP contribution in [0.1, 0.15) is 36.5 Å². The first kappa shape index (κ1) is 6.92. The summed E-state index contributed by atoms with van der Waals surface area (Å²) in [7, 11) is 0. The summed E-state index contributed by atoms with van der Waals surface area (Å²) in [5.41, 5.74) is 7.15. The fourth-order valence-corrected chi connectivity index (χ4v) is 1.63. The van der Waals surface area contributed by atoms with Crippen LogP contribution in [-0.4, -0.2) is 0 Å². The van der Waals surface area contributed by atoms with E-state index < -0.39 is 0 Å². The zero-order valence-electron chi connectivity index (χ0n) is 6.76. The molecule has 60 valence electrons. The average Bonchev–Trinajstić information content (AvgIpc) is 2.53. The molecule has 1 heterocycles. The number of hydrogen-bond donors (Lipinski definition) is 1. The molecule has 0 bridgehead atoms. The fourth-order valence-electron chi connectivity index (χ4n) is 1.63.